The van der Waals surface area contributed by atoms with Gasteiger partial charge in [0, 0.05) is 11.1 Å². The van der Waals surface area contributed by atoms with Crippen molar-refractivity contribution in [3.05, 3.63) is 22.7 Å². The van der Waals surface area contributed by atoms with E-state index in [2.05, 4.69) is 5.32 Å². The lowest BCUT2D eigenvalue weighted by Crippen LogP contribution is -2.31. The van der Waals surface area contributed by atoms with Gasteiger partial charge >= 0.3 is 5.97 Å². The summed E-state index contributed by atoms with van der Waals surface area (Å²) < 4.78 is 5.13. The second-order valence-corrected chi connectivity index (χ2v) is 5.05. The molecule has 0 unspecified atom stereocenters. The molecule has 0 spiro atoms. The van der Waals surface area contributed by atoms with E-state index >= 15 is 0 Å². The summed E-state index contributed by atoms with van der Waals surface area (Å²) in [5, 5.41) is 12.2. The van der Waals surface area contributed by atoms with Crippen LogP contribution in [0, 0.1) is 12.3 Å². The molecule has 0 radical (unpaired) electrons. The molecule has 0 aliphatic heterocycles. The summed E-state index contributed by atoms with van der Waals surface area (Å²) in [4.78, 5) is 23.1. The highest BCUT2D eigenvalue weighted by molar-refractivity contribution is 6.31. The maximum atomic E-state index is 12.0. The summed E-state index contributed by atoms with van der Waals surface area (Å²) >= 11 is 5.97. The molecule has 1 saturated carbocycles. The number of amides is 1. The van der Waals surface area contributed by atoms with E-state index in [0.29, 0.717) is 29.3 Å². The van der Waals surface area contributed by atoms with Crippen LogP contribution in [0.1, 0.15) is 18.4 Å². The Morgan fingerprint density at radius 1 is 1.42 bits per heavy atom. The van der Waals surface area contributed by atoms with Gasteiger partial charge in [0.05, 0.1) is 12.8 Å². The Labute approximate surface area is 115 Å². The van der Waals surface area contributed by atoms with Gasteiger partial charge in [-0.05, 0) is 31.4 Å². The van der Waals surface area contributed by atoms with Gasteiger partial charge in [-0.25, -0.2) is 0 Å². The number of aliphatic carboxylic acids is 1. The molecule has 6 heteroatoms. The first kappa shape index (κ1) is 13.7. The molecule has 0 bridgehead atoms. The van der Waals surface area contributed by atoms with E-state index < -0.39 is 17.3 Å². The Bertz CT molecular complexity index is 552. The fourth-order valence-electron chi connectivity index (χ4n) is 1.83. The van der Waals surface area contributed by atoms with Crippen LogP contribution in [0.25, 0.3) is 0 Å². The Kier molecular flexibility index (Phi) is 3.41. The fourth-order valence-corrected chi connectivity index (χ4v) is 1.99. The molecule has 1 aliphatic carbocycles. The average Bonchev–Trinajstić information content (AvgIpc) is 3.14. The molecule has 102 valence electrons. The van der Waals surface area contributed by atoms with Gasteiger partial charge in [0.15, 0.2) is 0 Å². The van der Waals surface area contributed by atoms with Crippen LogP contribution in [-0.2, 0) is 9.59 Å². The van der Waals surface area contributed by atoms with Crippen LogP contribution in [0.3, 0.4) is 0 Å². The minimum absolute atomic E-state index is 0.364. The van der Waals surface area contributed by atoms with Crippen LogP contribution in [0.4, 0.5) is 5.69 Å². The number of carboxylic acids is 1. The zero-order chi connectivity index (χ0) is 14.2. The second-order valence-electron chi connectivity index (χ2n) is 4.64. The van der Waals surface area contributed by atoms with Crippen molar-refractivity contribution in [3.8, 4) is 5.75 Å². The van der Waals surface area contributed by atoms with E-state index in [-0.39, 0.29) is 0 Å². The standard InChI is InChI=1S/C13H14ClNO4/c1-7-5-9(10(19-2)6-8(7)14)15-11(16)13(3-4-13)12(17)18/h5-6H,3-4H2,1-2H3,(H,15,16)(H,17,18). The van der Waals surface area contributed by atoms with Crippen LogP contribution in [0.2, 0.25) is 5.02 Å². The highest BCUT2D eigenvalue weighted by Crippen LogP contribution is 2.47. The summed E-state index contributed by atoms with van der Waals surface area (Å²) in [6.07, 6.45) is 0.728. The molecule has 1 amide bonds. The largest absolute Gasteiger partial charge is 0.495 e. The number of nitrogens with one attached hydrogen (secondary N) is 1. The highest BCUT2D eigenvalue weighted by Gasteiger charge is 2.57. The van der Waals surface area contributed by atoms with Gasteiger partial charge in [-0.15, -0.1) is 0 Å². The normalized spacial score (nSPS) is 15.7. The first-order valence-corrected chi connectivity index (χ1v) is 6.17. The Morgan fingerprint density at radius 3 is 2.53 bits per heavy atom. The lowest BCUT2D eigenvalue weighted by atomic mass is 10.1. The molecular weight excluding hydrogens is 270 g/mol. The Hall–Kier alpha value is -1.75. The number of aryl methyl sites for hydroxylation is 1. The fraction of sp³-hybridized carbons (Fsp3) is 0.385. The monoisotopic (exact) mass is 283 g/mol. The maximum absolute atomic E-state index is 12.0. The summed E-state index contributed by atoms with van der Waals surface area (Å²) in [6, 6.07) is 3.25. The molecule has 5 nitrogen and oxygen atoms in total. The topological polar surface area (TPSA) is 75.6 Å². The van der Waals surface area contributed by atoms with Crippen molar-refractivity contribution in [2.45, 2.75) is 19.8 Å². The van der Waals surface area contributed by atoms with Gasteiger partial charge in [-0.3, -0.25) is 9.59 Å². The van der Waals surface area contributed by atoms with Crippen LogP contribution in [-0.4, -0.2) is 24.1 Å². The van der Waals surface area contributed by atoms with E-state index in [9.17, 15) is 9.59 Å². The number of carbonyl (C=O) groups excluding carboxylic acids is 1. The van der Waals surface area contributed by atoms with E-state index in [1.165, 1.54) is 7.11 Å². The molecule has 0 heterocycles. The summed E-state index contributed by atoms with van der Waals surface area (Å²) in [6.45, 7) is 1.79. The van der Waals surface area contributed by atoms with Crippen molar-refractivity contribution >= 4 is 29.2 Å². The van der Waals surface area contributed by atoms with Crippen molar-refractivity contribution in [1.29, 1.82) is 0 Å². The van der Waals surface area contributed by atoms with Gasteiger partial charge < -0.3 is 15.2 Å². The first-order valence-electron chi connectivity index (χ1n) is 5.80. The molecule has 0 aromatic heterocycles. The van der Waals surface area contributed by atoms with Gasteiger partial charge in [0.25, 0.3) is 0 Å². The minimum atomic E-state index is -1.28. The van der Waals surface area contributed by atoms with Gasteiger partial charge in [0.2, 0.25) is 5.91 Å². The quantitative estimate of drug-likeness (QED) is 0.832. The number of hydrogen-bond donors (Lipinski definition) is 2. The number of rotatable bonds is 4. The molecule has 1 aromatic carbocycles. The number of anilines is 1. The number of carbonyl (C=O) groups is 2. The molecule has 1 aliphatic rings. The van der Waals surface area contributed by atoms with Gasteiger partial charge in [-0.1, -0.05) is 11.6 Å². The predicted octanol–water partition coefficient (Wildman–Crippen LogP) is 2.46. The number of benzene rings is 1. The lowest BCUT2D eigenvalue weighted by molar-refractivity contribution is -0.147. The number of ether oxygens (including phenoxy) is 1. The molecule has 19 heavy (non-hydrogen) atoms. The van der Waals surface area contributed by atoms with Crippen LogP contribution in [0.5, 0.6) is 5.75 Å². The summed E-state index contributed by atoms with van der Waals surface area (Å²) in [5.41, 5.74) is -0.0710. The predicted molar refractivity (Wildman–Crippen MR) is 70.7 cm³/mol. The Morgan fingerprint density at radius 2 is 2.05 bits per heavy atom. The van der Waals surface area contributed by atoms with E-state index in [1.807, 2.05) is 0 Å². The smallest absolute Gasteiger partial charge is 0.319 e. The molecule has 1 aromatic rings. The van der Waals surface area contributed by atoms with E-state index in [4.69, 9.17) is 21.4 Å². The van der Waals surface area contributed by atoms with E-state index in [0.717, 1.165) is 5.56 Å². The van der Waals surface area contributed by atoms with Crippen molar-refractivity contribution in [2.75, 3.05) is 12.4 Å². The zero-order valence-electron chi connectivity index (χ0n) is 10.6. The third kappa shape index (κ3) is 2.38. The maximum Gasteiger partial charge on any atom is 0.319 e. The van der Waals surface area contributed by atoms with Crippen molar-refractivity contribution < 1.29 is 19.4 Å². The number of halogens is 1. The van der Waals surface area contributed by atoms with Crippen LogP contribution >= 0.6 is 11.6 Å². The van der Waals surface area contributed by atoms with E-state index in [1.54, 1.807) is 19.1 Å². The molecule has 0 saturated heterocycles. The molecule has 2 rings (SSSR count). The van der Waals surface area contributed by atoms with Crippen molar-refractivity contribution in [2.24, 2.45) is 5.41 Å². The van der Waals surface area contributed by atoms with Crippen LogP contribution in [0.15, 0.2) is 12.1 Å². The second kappa shape index (κ2) is 4.74. The first-order chi connectivity index (χ1) is 8.90. The highest BCUT2D eigenvalue weighted by atomic mass is 35.5. The van der Waals surface area contributed by atoms with Gasteiger partial charge in [0.1, 0.15) is 11.2 Å². The molecule has 2 N–H and O–H groups in total. The molecule has 0 atom stereocenters. The number of hydrogen-bond acceptors (Lipinski definition) is 3. The lowest BCUT2D eigenvalue weighted by Gasteiger charge is -2.15. The zero-order valence-corrected chi connectivity index (χ0v) is 11.4. The molecule has 1 fully saturated rings. The van der Waals surface area contributed by atoms with Crippen LogP contribution < -0.4 is 10.1 Å². The number of carboxylic acid groups (broad SMARTS) is 1. The van der Waals surface area contributed by atoms with Crippen molar-refractivity contribution in [1.82, 2.24) is 0 Å². The molecular formula is C13H14ClNO4. The number of methoxy groups -OCH3 is 1. The third-order valence-corrected chi connectivity index (χ3v) is 3.73. The average molecular weight is 284 g/mol. The summed E-state index contributed by atoms with van der Waals surface area (Å²) in [7, 11) is 1.46. The summed E-state index contributed by atoms with van der Waals surface area (Å²) in [5.74, 6) is -1.19. The van der Waals surface area contributed by atoms with Gasteiger partial charge in [-0.2, -0.15) is 0 Å². The Balaban J connectivity index is 2.27. The third-order valence-electron chi connectivity index (χ3n) is 3.32. The minimum Gasteiger partial charge on any atom is -0.495 e. The SMILES string of the molecule is COc1cc(Cl)c(C)cc1NC(=O)C1(C(=O)O)CC1. The van der Waals surface area contributed by atoms with Crippen molar-refractivity contribution in [3.63, 3.8) is 0 Å².